The minimum atomic E-state index is -3.67. The molecule has 0 aliphatic heterocycles. The molecule has 0 radical (unpaired) electrons. The van der Waals surface area contributed by atoms with Crippen LogP contribution in [0.3, 0.4) is 0 Å². The predicted octanol–water partition coefficient (Wildman–Crippen LogP) is 1.78. The second kappa shape index (κ2) is 7.94. The van der Waals surface area contributed by atoms with Gasteiger partial charge in [0.05, 0.1) is 4.90 Å². The maximum absolute atomic E-state index is 12.3. The number of carbonyl (C=O) groups is 1. The molecule has 6 nitrogen and oxygen atoms in total. The van der Waals surface area contributed by atoms with E-state index in [2.05, 4.69) is 10.0 Å². The van der Waals surface area contributed by atoms with Crippen molar-refractivity contribution in [2.45, 2.75) is 4.90 Å². The van der Waals surface area contributed by atoms with Gasteiger partial charge in [0.25, 0.3) is 15.9 Å². The highest BCUT2D eigenvalue weighted by Crippen LogP contribution is 2.16. The van der Waals surface area contributed by atoms with Crippen molar-refractivity contribution in [2.75, 3.05) is 31.9 Å². The molecule has 2 N–H and O–H groups in total. The molecule has 0 fully saturated rings. The third kappa shape index (κ3) is 5.07. The van der Waals surface area contributed by atoms with Gasteiger partial charge in [-0.3, -0.25) is 9.52 Å². The lowest BCUT2D eigenvalue weighted by molar-refractivity contribution is 0.0951. The van der Waals surface area contributed by atoms with Crippen molar-refractivity contribution >= 4 is 21.6 Å². The number of nitrogens with one attached hydrogen (secondary N) is 2. The molecule has 0 spiro atoms. The van der Waals surface area contributed by atoms with Crippen LogP contribution in [-0.4, -0.2) is 46.4 Å². The summed E-state index contributed by atoms with van der Waals surface area (Å²) in [6.45, 7) is 1.26. The molecule has 24 heavy (non-hydrogen) atoms. The van der Waals surface area contributed by atoms with E-state index >= 15 is 0 Å². The number of para-hydroxylation sites is 1. The van der Waals surface area contributed by atoms with Gasteiger partial charge in [0.1, 0.15) is 0 Å². The van der Waals surface area contributed by atoms with Crippen LogP contribution in [-0.2, 0) is 10.0 Å². The first-order chi connectivity index (χ1) is 11.4. The Bertz CT molecular complexity index is 772. The van der Waals surface area contributed by atoms with Crippen molar-refractivity contribution < 1.29 is 13.2 Å². The lowest BCUT2D eigenvalue weighted by atomic mass is 10.2. The van der Waals surface area contributed by atoms with Crippen LogP contribution in [0.25, 0.3) is 0 Å². The van der Waals surface area contributed by atoms with Gasteiger partial charge in [-0.1, -0.05) is 18.2 Å². The van der Waals surface area contributed by atoms with Crippen molar-refractivity contribution in [3.8, 4) is 0 Å². The number of rotatable bonds is 7. The van der Waals surface area contributed by atoms with Crippen LogP contribution in [0.15, 0.2) is 59.5 Å². The molecule has 0 saturated carbocycles. The minimum absolute atomic E-state index is 0.108. The molecule has 0 aliphatic carbocycles. The number of sulfonamides is 1. The normalized spacial score (nSPS) is 11.3. The lowest BCUT2D eigenvalue weighted by Crippen LogP contribution is -2.31. The molecular formula is C17H21N3O3S. The fraction of sp³-hybridized carbons (Fsp3) is 0.235. The molecule has 0 unspecified atom stereocenters. The third-order valence-corrected chi connectivity index (χ3v) is 4.69. The van der Waals surface area contributed by atoms with Crippen molar-refractivity contribution in [3.05, 3.63) is 60.2 Å². The zero-order chi connectivity index (χ0) is 17.6. The molecule has 1 amide bonds. The number of likely N-dealkylation sites (N-methyl/N-ethyl adjacent to an activating group) is 1. The van der Waals surface area contributed by atoms with Crippen molar-refractivity contribution in [2.24, 2.45) is 0 Å². The summed E-state index contributed by atoms with van der Waals surface area (Å²) in [5, 5.41) is 2.78. The summed E-state index contributed by atoms with van der Waals surface area (Å²) in [6, 6.07) is 14.5. The Labute approximate surface area is 142 Å². The number of amides is 1. The van der Waals surface area contributed by atoms with Gasteiger partial charge >= 0.3 is 0 Å². The van der Waals surface area contributed by atoms with Gasteiger partial charge in [0.2, 0.25) is 0 Å². The van der Waals surface area contributed by atoms with Crippen LogP contribution in [0, 0.1) is 0 Å². The Morgan fingerprint density at radius 2 is 1.62 bits per heavy atom. The maximum atomic E-state index is 12.3. The average molecular weight is 347 g/mol. The quantitative estimate of drug-likeness (QED) is 0.800. The maximum Gasteiger partial charge on any atom is 0.261 e. The topological polar surface area (TPSA) is 78.5 Å². The Kier molecular flexibility index (Phi) is 5.94. The van der Waals surface area contributed by atoms with Gasteiger partial charge in [-0.15, -0.1) is 0 Å². The zero-order valence-electron chi connectivity index (χ0n) is 13.7. The second-order valence-electron chi connectivity index (χ2n) is 5.56. The first kappa shape index (κ1) is 18.0. The van der Waals surface area contributed by atoms with E-state index in [0.717, 1.165) is 6.54 Å². The molecule has 0 atom stereocenters. The molecular weight excluding hydrogens is 326 g/mol. The number of benzene rings is 2. The fourth-order valence-electron chi connectivity index (χ4n) is 2.00. The summed E-state index contributed by atoms with van der Waals surface area (Å²) >= 11 is 0. The average Bonchev–Trinajstić information content (AvgIpc) is 2.55. The van der Waals surface area contributed by atoms with Gasteiger partial charge in [-0.2, -0.15) is 0 Å². The van der Waals surface area contributed by atoms with Gasteiger partial charge < -0.3 is 10.2 Å². The van der Waals surface area contributed by atoms with Crippen LogP contribution in [0.2, 0.25) is 0 Å². The Hall–Kier alpha value is -2.38. The Morgan fingerprint density at radius 1 is 1.00 bits per heavy atom. The highest BCUT2D eigenvalue weighted by Gasteiger charge is 2.15. The molecule has 0 aromatic heterocycles. The standard InChI is InChI=1S/C17H21N3O3S/c1-20(2)13-12-18-17(21)14-8-10-16(11-9-14)24(22,23)19-15-6-4-3-5-7-15/h3-11,19H,12-13H2,1-2H3,(H,18,21). The molecule has 7 heteroatoms. The van der Waals surface area contributed by atoms with Crippen LogP contribution < -0.4 is 10.0 Å². The SMILES string of the molecule is CN(C)CCNC(=O)c1ccc(S(=O)(=O)Nc2ccccc2)cc1. The largest absolute Gasteiger partial charge is 0.351 e. The van der Waals surface area contributed by atoms with E-state index in [1.807, 2.05) is 25.1 Å². The van der Waals surface area contributed by atoms with E-state index in [-0.39, 0.29) is 10.8 Å². The lowest BCUT2D eigenvalue weighted by Gasteiger charge is -2.11. The van der Waals surface area contributed by atoms with Crippen molar-refractivity contribution in [1.82, 2.24) is 10.2 Å². The number of anilines is 1. The van der Waals surface area contributed by atoms with Gasteiger partial charge in [0, 0.05) is 24.3 Å². The summed E-state index contributed by atoms with van der Waals surface area (Å²) in [7, 11) is 0.172. The summed E-state index contributed by atoms with van der Waals surface area (Å²) in [5.74, 6) is -0.225. The summed E-state index contributed by atoms with van der Waals surface area (Å²) in [4.78, 5) is 14.1. The zero-order valence-corrected chi connectivity index (χ0v) is 14.5. The van der Waals surface area contributed by atoms with Crippen LogP contribution in [0.4, 0.5) is 5.69 Å². The fourth-order valence-corrected chi connectivity index (χ4v) is 3.06. The summed E-state index contributed by atoms with van der Waals surface area (Å²) in [6.07, 6.45) is 0. The molecule has 0 heterocycles. The number of nitrogens with zero attached hydrogens (tertiary/aromatic N) is 1. The van der Waals surface area contributed by atoms with E-state index in [0.29, 0.717) is 17.8 Å². The van der Waals surface area contributed by atoms with Crippen LogP contribution in [0.1, 0.15) is 10.4 Å². The Morgan fingerprint density at radius 3 is 2.21 bits per heavy atom. The molecule has 128 valence electrons. The minimum Gasteiger partial charge on any atom is -0.351 e. The van der Waals surface area contributed by atoms with E-state index in [4.69, 9.17) is 0 Å². The molecule has 0 aliphatic rings. The highest BCUT2D eigenvalue weighted by molar-refractivity contribution is 7.92. The van der Waals surface area contributed by atoms with Crippen LogP contribution in [0.5, 0.6) is 0 Å². The van der Waals surface area contributed by atoms with Gasteiger partial charge in [-0.25, -0.2) is 8.42 Å². The molecule has 2 aromatic rings. The summed E-state index contributed by atoms with van der Waals surface area (Å²) in [5.41, 5.74) is 0.912. The molecule has 2 aromatic carbocycles. The van der Waals surface area contributed by atoms with E-state index in [1.54, 1.807) is 24.3 Å². The first-order valence-corrected chi connectivity index (χ1v) is 8.98. The van der Waals surface area contributed by atoms with Crippen molar-refractivity contribution in [3.63, 3.8) is 0 Å². The molecule has 0 saturated heterocycles. The number of hydrogen-bond donors (Lipinski definition) is 2. The summed E-state index contributed by atoms with van der Waals surface area (Å²) < 4.78 is 27.1. The van der Waals surface area contributed by atoms with E-state index < -0.39 is 10.0 Å². The van der Waals surface area contributed by atoms with Crippen molar-refractivity contribution in [1.29, 1.82) is 0 Å². The smallest absolute Gasteiger partial charge is 0.261 e. The van der Waals surface area contributed by atoms with E-state index in [1.165, 1.54) is 24.3 Å². The molecule has 2 rings (SSSR count). The molecule has 0 bridgehead atoms. The Balaban J connectivity index is 2.04. The predicted molar refractivity (Wildman–Crippen MR) is 94.6 cm³/mol. The van der Waals surface area contributed by atoms with Gasteiger partial charge in [-0.05, 0) is 50.5 Å². The monoisotopic (exact) mass is 347 g/mol. The first-order valence-electron chi connectivity index (χ1n) is 7.49. The number of carbonyl (C=O) groups excluding carboxylic acids is 1. The highest BCUT2D eigenvalue weighted by atomic mass is 32.2. The third-order valence-electron chi connectivity index (χ3n) is 3.30. The number of hydrogen-bond acceptors (Lipinski definition) is 4. The van der Waals surface area contributed by atoms with Gasteiger partial charge in [0.15, 0.2) is 0 Å². The van der Waals surface area contributed by atoms with E-state index in [9.17, 15) is 13.2 Å². The second-order valence-corrected chi connectivity index (χ2v) is 7.24. The van der Waals surface area contributed by atoms with Crippen LogP contribution >= 0.6 is 0 Å².